The smallest absolute Gasteiger partial charge is 0.412 e. The molecule has 0 radical (unpaired) electrons. The highest BCUT2D eigenvalue weighted by Crippen LogP contribution is 2.29. The Kier molecular flexibility index (Phi) is 5.99. The predicted octanol–water partition coefficient (Wildman–Crippen LogP) is 2.53. The predicted molar refractivity (Wildman–Crippen MR) is 102 cm³/mol. The Morgan fingerprint density at radius 2 is 1.52 bits per heavy atom. The van der Waals surface area contributed by atoms with Crippen LogP contribution in [0.3, 0.4) is 0 Å². The molecule has 2 aromatic carbocycles. The molecule has 0 aliphatic carbocycles. The first-order valence-electron chi connectivity index (χ1n) is 8.81. The highest BCUT2D eigenvalue weighted by molar-refractivity contribution is 5.87. The zero-order valence-corrected chi connectivity index (χ0v) is 15.5. The Labute approximate surface area is 166 Å². The van der Waals surface area contributed by atoms with Gasteiger partial charge in [-0.25, -0.2) is 14.4 Å². The molecule has 152 valence electrons. The fourth-order valence-electron chi connectivity index (χ4n) is 2.73. The molecule has 1 saturated heterocycles. The van der Waals surface area contributed by atoms with E-state index in [9.17, 15) is 19.5 Å². The number of aliphatic hydroxyl groups is 1. The number of anilines is 2. The third-order valence-corrected chi connectivity index (χ3v) is 4.22. The highest BCUT2D eigenvalue weighted by atomic mass is 16.6. The van der Waals surface area contributed by atoms with Crippen LogP contribution in [0.5, 0.6) is 0 Å². The minimum atomic E-state index is -2.09. The van der Waals surface area contributed by atoms with Crippen molar-refractivity contribution in [3.05, 3.63) is 60.7 Å². The average Bonchev–Trinajstić information content (AvgIpc) is 2.91. The molecule has 2 amide bonds. The number of nitrogens with one attached hydrogen (secondary N) is 2. The zero-order chi connectivity index (χ0) is 20.9. The van der Waals surface area contributed by atoms with Gasteiger partial charge in [-0.3, -0.25) is 10.6 Å². The van der Waals surface area contributed by atoms with Crippen molar-refractivity contribution in [2.45, 2.75) is 24.7 Å². The van der Waals surface area contributed by atoms with E-state index in [-0.39, 0.29) is 0 Å². The first-order valence-corrected chi connectivity index (χ1v) is 8.81. The largest absolute Gasteiger partial charge is 0.452 e. The van der Waals surface area contributed by atoms with Gasteiger partial charge in [-0.1, -0.05) is 36.4 Å². The Hall–Kier alpha value is -3.59. The van der Waals surface area contributed by atoms with Crippen LogP contribution in [0.15, 0.2) is 60.7 Å². The van der Waals surface area contributed by atoms with Crippen LogP contribution in [-0.4, -0.2) is 47.7 Å². The van der Waals surface area contributed by atoms with Gasteiger partial charge in [-0.15, -0.1) is 0 Å². The molecule has 0 unspecified atom stereocenters. The second-order valence-corrected chi connectivity index (χ2v) is 6.50. The van der Waals surface area contributed by atoms with E-state index < -0.39 is 42.6 Å². The highest BCUT2D eigenvalue weighted by Gasteiger charge is 2.56. The van der Waals surface area contributed by atoms with Gasteiger partial charge in [-0.2, -0.15) is 0 Å². The maximum atomic E-state index is 12.2. The maximum absolute atomic E-state index is 12.2. The van der Waals surface area contributed by atoms with Gasteiger partial charge in [0.1, 0.15) is 6.61 Å². The van der Waals surface area contributed by atoms with Gasteiger partial charge in [0.2, 0.25) is 0 Å². The van der Waals surface area contributed by atoms with E-state index in [1.165, 1.54) is 6.92 Å². The summed E-state index contributed by atoms with van der Waals surface area (Å²) in [6.07, 6.45) is -4.21. The third kappa shape index (κ3) is 5.02. The number of carbonyl (C=O) groups excluding carboxylic acids is 3. The molecule has 29 heavy (non-hydrogen) atoms. The van der Waals surface area contributed by atoms with E-state index in [1.54, 1.807) is 60.7 Å². The number of carbonyl (C=O) groups is 3. The molecule has 0 spiro atoms. The minimum absolute atomic E-state index is 0.413. The molecule has 1 aliphatic heterocycles. The Morgan fingerprint density at radius 3 is 2.07 bits per heavy atom. The van der Waals surface area contributed by atoms with Crippen LogP contribution in [0.1, 0.15) is 6.92 Å². The molecule has 9 nitrogen and oxygen atoms in total. The summed E-state index contributed by atoms with van der Waals surface area (Å²) in [5.74, 6) is -0.980. The number of amides is 2. The monoisotopic (exact) mass is 400 g/mol. The summed E-state index contributed by atoms with van der Waals surface area (Å²) in [6.45, 7) is 0.754. The van der Waals surface area contributed by atoms with E-state index in [0.717, 1.165) is 0 Å². The lowest BCUT2D eigenvalue weighted by atomic mass is 9.98. The van der Waals surface area contributed by atoms with E-state index in [0.29, 0.717) is 11.4 Å². The van der Waals surface area contributed by atoms with Gasteiger partial charge in [0.25, 0.3) is 0 Å². The topological polar surface area (TPSA) is 123 Å². The Balaban J connectivity index is 1.60. The molecule has 1 aliphatic rings. The number of hydrogen-bond donors (Lipinski definition) is 3. The van der Waals surface area contributed by atoms with Crippen molar-refractivity contribution >= 4 is 29.5 Å². The summed E-state index contributed by atoms with van der Waals surface area (Å²) in [6, 6.07) is 17.1. The van der Waals surface area contributed by atoms with Crippen molar-refractivity contribution in [2.24, 2.45) is 0 Å². The number of hydrogen-bond acceptors (Lipinski definition) is 7. The van der Waals surface area contributed by atoms with E-state index in [1.807, 2.05) is 0 Å². The lowest BCUT2D eigenvalue weighted by molar-refractivity contribution is -0.155. The molecule has 3 N–H and O–H groups in total. The summed E-state index contributed by atoms with van der Waals surface area (Å²) < 4.78 is 15.3. The van der Waals surface area contributed by atoms with Crippen molar-refractivity contribution in [1.82, 2.24) is 0 Å². The first kappa shape index (κ1) is 20.2. The third-order valence-electron chi connectivity index (χ3n) is 4.22. The lowest BCUT2D eigenvalue weighted by Crippen LogP contribution is -2.48. The summed E-state index contributed by atoms with van der Waals surface area (Å²) in [5, 5.41) is 15.4. The van der Waals surface area contributed by atoms with Gasteiger partial charge in [0, 0.05) is 11.4 Å². The van der Waals surface area contributed by atoms with E-state index in [4.69, 9.17) is 14.2 Å². The molecule has 3 rings (SSSR count). The second-order valence-electron chi connectivity index (χ2n) is 6.50. The SMILES string of the molecule is C[C@@]1(O)C(=O)O[C@H](COC(=O)Nc2ccccc2)[C@H]1OC(=O)Nc1ccccc1. The summed E-state index contributed by atoms with van der Waals surface area (Å²) in [7, 11) is 0. The van der Waals surface area contributed by atoms with E-state index >= 15 is 0 Å². The minimum Gasteiger partial charge on any atom is -0.452 e. The zero-order valence-electron chi connectivity index (χ0n) is 15.5. The molecule has 9 heteroatoms. The van der Waals surface area contributed by atoms with Crippen molar-refractivity contribution < 1.29 is 33.7 Å². The number of ether oxygens (including phenoxy) is 3. The molecule has 0 saturated carbocycles. The van der Waals surface area contributed by atoms with Gasteiger partial charge in [0.15, 0.2) is 17.8 Å². The summed E-state index contributed by atoms with van der Waals surface area (Å²) in [5.41, 5.74) is -1.10. The number of benzene rings is 2. The van der Waals surface area contributed by atoms with E-state index in [2.05, 4.69) is 10.6 Å². The lowest BCUT2D eigenvalue weighted by Gasteiger charge is -2.24. The molecule has 1 fully saturated rings. The maximum Gasteiger partial charge on any atom is 0.412 e. The van der Waals surface area contributed by atoms with Gasteiger partial charge >= 0.3 is 18.2 Å². The van der Waals surface area contributed by atoms with Gasteiger partial charge in [0.05, 0.1) is 0 Å². The summed E-state index contributed by atoms with van der Waals surface area (Å²) >= 11 is 0. The van der Waals surface area contributed by atoms with Crippen molar-refractivity contribution in [3.8, 4) is 0 Å². The fraction of sp³-hybridized carbons (Fsp3) is 0.250. The van der Waals surface area contributed by atoms with Crippen LogP contribution in [-0.2, 0) is 19.0 Å². The first-order chi connectivity index (χ1) is 13.9. The van der Waals surface area contributed by atoms with Crippen molar-refractivity contribution in [1.29, 1.82) is 0 Å². The quantitative estimate of drug-likeness (QED) is 0.520. The normalized spacial score (nSPS) is 23.0. The van der Waals surface area contributed by atoms with Crippen molar-refractivity contribution in [3.63, 3.8) is 0 Å². The standard InChI is InChI=1S/C20H20N2O7/c1-20(26)16(29-19(25)22-14-10-6-3-7-11-14)15(28-17(20)23)12-27-18(24)21-13-8-4-2-5-9-13/h2-11,15-16,26H,12H2,1H3,(H,21,24)(H,22,25)/t15-,16-,20+/m1/s1. The fourth-order valence-corrected chi connectivity index (χ4v) is 2.73. The molecular formula is C20H20N2O7. The molecule has 2 aromatic rings. The van der Waals surface area contributed by atoms with Crippen LogP contribution in [0.4, 0.5) is 21.0 Å². The Bertz CT molecular complexity index is 871. The molecular weight excluding hydrogens is 380 g/mol. The van der Waals surface area contributed by atoms with Crippen LogP contribution >= 0.6 is 0 Å². The molecule has 1 heterocycles. The number of rotatable bonds is 5. The second kappa shape index (κ2) is 8.61. The van der Waals surface area contributed by atoms with Crippen LogP contribution in [0, 0.1) is 0 Å². The van der Waals surface area contributed by atoms with Crippen LogP contribution in [0.25, 0.3) is 0 Å². The Morgan fingerprint density at radius 1 is 1.00 bits per heavy atom. The molecule has 0 bridgehead atoms. The number of cyclic esters (lactones) is 1. The van der Waals surface area contributed by atoms with Crippen molar-refractivity contribution in [2.75, 3.05) is 17.2 Å². The number of esters is 1. The summed E-state index contributed by atoms with van der Waals surface area (Å²) in [4.78, 5) is 36.0. The molecule has 3 atom stereocenters. The van der Waals surface area contributed by atoms with Gasteiger partial charge < -0.3 is 19.3 Å². The molecule has 0 aromatic heterocycles. The van der Waals surface area contributed by atoms with Crippen LogP contribution < -0.4 is 10.6 Å². The van der Waals surface area contributed by atoms with Gasteiger partial charge in [-0.05, 0) is 31.2 Å². The average molecular weight is 400 g/mol. The van der Waals surface area contributed by atoms with Crippen LogP contribution in [0.2, 0.25) is 0 Å². The number of para-hydroxylation sites is 2.